The molecule has 1 aromatic heterocycles. The van der Waals surface area contributed by atoms with Crippen molar-refractivity contribution >= 4 is 27.2 Å². The number of hydrogen-bond donors (Lipinski definition) is 1. The second kappa shape index (κ2) is 8.39. The molecule has 6 rings (SSSR count). The Morgan fingerprint density at radius 2 is 1.81 bits per heavy atom. The van der Waals surface area contributed by atoms with Crippen LogP contribution in [0.3, 0.4) is 0 Å². The molecule has 3 aromatic carbocycles. The second-order valence-corrected chi connectivity index (χ2v) is 8.35. The molecule has 0 unspecified atom stereocenters. The summed E-state index contributed by atoms with van der Waals surface area (Å²) >= 11 is 0. The highest BCUT2D eigenvalue weighted by molar-refractivity contribution is 5.94. The Labute approximate surface area is 182 Å². The molecule has 0 aliphatic heterocycles. The van der Waals surface area contributed by atoms with Crippen molar-refractivity contribution in [2.24, 2.45) is 0 Å². The van der Waals surface area contributed by atoms with E-state index in [1.165, 1.54) is 59.2 Å². The summed E-state index contributed by atoms with van der Waals surface area (Å²) in [6, 6.07) is 20.6. The van der Waals surface area contributed by atoms with Crippen LogP contribution in [0.15, 0.2) is 89.4 Å². The lowest BCUT2D eigenvalue weighted by Crippen LogP contribution is -2.07. The number of nitrogens with one attached hydrogen (secondary N) is 1. The van der Waals surface area contributed by atoms with E-state index in [4.69, 9.17) is 0 Å². The van der Waals surface area contributed by atoms with Crippen molar-refractivity contribution in [2.75, 3.05) is 0 Å². The molecule has 1 heterocycles. The fraction of sp³-hybridized carbons (Fsp3) is 0.207. The van der Waals surface area contributed by atoms with Crippen LogP contribution in [0.25, 0.3) is 27.2 Å². The van der Waals surface area contributed by atoms with Gasteiger partial charge < -0.3 is 4.98 Å². The van der Waals surface area contributed by atoms with Crippen LogP contribution in [0, 0.1) is 0 Å². The van der Waals surface area contributed by atoms with Crippen LogP contribution in [0.5, 0.6) is 0 Å². The van der Waals surface area contributed by atoms with E-state index >= 15 is 0 Å². The largest absolute Gasteiger partial charge is 0.361 e. The van der Waals surface area contributed by atoms with Gasteiger partial charge in [-0.1, -0.05) is 67.1 Å². The van der Waals surface area contributed by atoms with Crippen molar-refractivity contribution in [3.63, 3.8) is 0 Å². The zero-order valence-electron chi connectivity index (χ0n) is 17.9. The Hall–Kier alpha value is -3.39. The Balaban J connectivity index is 0.000000157. The van der Waals surface area contributed by atoms with Gasteiger partial charge >= 0.3 is 0 Å². The lowest BCUT2D eigenvalue weighted by atomic mass is 9.79. The molecule has 2 aliphatic carbocycles. The second-order valence-electron chi connectivity index (χ2n) is 8.35. The highest BCUT2D eigenvalue weighted by atomic mass is 16.1. The molecule has 31 heavy (non-hydrogen) atoms. The number of aromatic nitrogens is 1. The maximum absolute atomic E-state index is 11.2. The molecule has 4 aromatic rings. The lowest BCUT2D eigenvalue weighted by Gasteiger charge is -2.25. The first kappa shape index (κ1) is 19.6. The summed E-state index contributed by atoms with van der Waals surface area (Å²) < 4.78 is 0. The van der Waals surface area contributed by atoms with Gasteiger partial charge in [-0.25, -0.2) is 0 Å². The summed E-state index contributed by atoms with van der Waals surface area (Å²) in [5, 5.41) is 3.62. The minimum atomic E-state index is 0.0688. The Kier molecular flexibility index (Phi) is 5.30. The first-order valence-electron chi connectivity index (χ1n) is 11.2. The summed E-state index contributed by atoms with van der Waals surface area (Å²) in [6.07, 6.45) is 12.4. The van der Waals surface area contributed by atoms with Gasteiger partial charge in [0.1, 0.15) is 0 Å². The average Bonchev–Trinajstić information content (AvgIpc) is 2.84. The van der Waals surface area contributed by atoms with Gasteiger partial charge in [0.25, 0.3) is 0 Å². The van der Waals surface area contributed by atoms with E-state index in [0.29, 0.717) is 0 Å². The molecule has 0 saturated heterocycles. The molecule has 0 radical (unpaired) electrons. The topological polar surface area (TPSA) is 32.9 Å². The maximum atomic E-state index is 11.2. The highest BCUT2D eigenvalue weighted by Crippen LogP contribution is 2.39. The third-order valence-electron chi connectivity index (χ3n) is 6.52. The number of aryl methyl sites for hydroxylation is 2. The Morgan fingerprint density at radius 3 is 2.68 bits per heavy atom. The van der Waals surface area contributed by atoms with Gasteiger partial charge in [0.05, 0.1) is 0 Å². The summed E-state index contributed by atoms with van der Waals surface area (Å²) in [7, 11) is 0. The number of para-hydroxylation sites is 1. The number of H-pyrrole nitrogens is 1. The molecular weight excluding hydrogens is 378 g/mol. The number of benzene rings is 3. The lowest BCUT2D eigenvalue weighted by molar-refractivity contribution is 0.831. The monoisotopic (exact) mass is 405 g/mol. The highest BCUT2D eigenvalue weighted by Gasteiger charge is 2.20. The number of hydrogen-bond acceptors (Lipinski definition) is 1. The zero-order valence-corrected chi connectivity index (χ0v) is 17.9. The number of aromatic amines is 1. The number of fused-ring (bicyclic) bond motifs is 5. The van der Waals surface area contributed by atoms with E-state index in [9.17, 15) is 4.79 Å². The molecule has 0 amide bonds. The van der Waals surface area contributed by atoms with Crippen LogP contribution in [-0.2, 0) is 12.8 Å². The van der Waals surface area contributed by atoms with E-state index < -0.39 is 0 Å². The molecule has 1 N–H and O–H groups in total. The normalized spacial score (nSPS) is 14.7. The van der Waals surface area contributed by atoms with Crippen LogP contribution in [0.1, 0.15) is 42.9 Å². The van der Waals surface area contributed by atoms with E-state index in [1.807, 2.05) is 24.3 Å². The summed E-state index contributed by atoms with van der Waals surface area (Å²) in [5.41, 5.74) is 8.63. The average molecular weight is 406 g/mol. The van der Waals surface area contributed by atoms with Crippen LogP contribution < -0.4 is 5.43 Å². The summed E-state index contributed by atoms with van der Waals surface area (Å²) in [4.78, 5) is 14.2. The van der Waals surface area contributed by atoms with Crippen LogP contribution in [-0.4, -0.2) is 4.98 Å². The van der Waals surface area contributed by atoms with E-state index in [2.05, 4.69) is 54.4 Å². The molecule has 0 atom stereocenters. The molecular formula is C29H27NO. The van der Waals surface area contributed by atoms with Gasteiger partial charge in [-0.2, -0.15) is 0 Å². The SMILES string of the molecule is CCc1ccc2c3c(ccc2c1)C1=C(CCC=C1)CC3.O=c1cc[nH]c2ccccc12. The Morgan fingerprint density at radius 1 is 0.903 bits per heavy atom. The zero-order chi connectivity index (χ0) is 21.2. The first-order chi connectivity index (χ1) is 15.2. The molecule has 0 fully saturated rings. The predicted molar refractivity (Wildman–Crippen MR) is 132 cm³/mol. The molecule has 0 bridgehead atoms. The van der Waals surface area contributed by atoms with Gasteiger partial charge in [-0.15, -0.1) is 0 Å². The van der Waals surface area contributed by atoms with Crippen molar-refractivity contribution in [1.82, 2.24) is 4.98 Å². The quantitative estimate of drug-likeness (QED) is 0.364. The number of pyridine rings is 1. The maximum Gasteiger partial charge on any atom is 0.189 e. The molecule has 2 nitrogen and oxygen atoms in total. The van der Waals surface area contributed by atoms with Gasteiger partial charge in [0.15, 0.2) is 5.43 Å². The molecule has 154 valence electrons. The first-order valence-corrected chi connectivity index (χ1v) is 11.2. The van der Waals surface area contributed by atoms with Crippen LogP contribution in [0.2, 0.25) is 0 Å². The van der Waals surface area contributed by atoms with Crippen molar-refractivity contribution in [2.45, 2.75) is 39.0 Å². The summed E-state index contributed by atoms with van der Waals surface area (Å²) in [5.74, 6) is 0. The third kappa shape index (κ3) is 3.74. The fourth-order valence-corrected chi connectivity index (χ4v) is 4.83. The van der Waals surface area contributed by atoms with Crippen molar-refractivity contribution < 1.29 is 0 Å². The Bertz CT molecular complexity index is 1380. The van der Waals surface area contributed by atoms with Crippen molar-refractivity contribution in [3.05, 3.63) is 111 Å². The standard InChI is InChI=1S/C20H20.C9H7NO/c1-2-14-7-10-18-16(13-14)9-12-19-17-6-4-3-5-15(17)8-11-20(18)19;11-9-5-6-10-8-4-2-1-3-7(8)9/h4,6-7,9-10,12-13H,2-3,5,8,11H2,1H3;1-6H,(H,10,11). The number of allylic oxidation sites excluding steroid dienone is 4. The van der Waals surface area contributed by atoms with E-state index in [0.717, 1.165) is 17.3 Å². The van der Waals surface area contributed by atoms with Gasteiger partial charge in [0.2, 0.25) is 0 Å². The van der Waals surface area contributed by atoms with Gasteiger partial charge in [0, 0.05) is 23.2 Å². The molecule has 0 saturated carbocycles. The van der Waals surface area contributed by atoms with Crippen molar-refractivity contribution in [3.8, 4) is 0 Å². The minimum absolute atomic E-state index is 0.0688. The van der Waals surface area contributed by atoms with Crippen LogP contribution >= 0.6 is 0 Å². The van der Waals surface area contributed by atoms with Gasteiger partial charge in [-0.05, 0) is 77.3 Å². The predicted octanol–water partition coefficient (Wildman–Crippen LogP) is 6.98. The number of rotatable bonds is 1. The molecule has 2 aliphatic rings. The van der Waals surface area contributed by atoms with Gasteiger partial charge in [-0.3, -0.25) is 4.79 Å². The van der Waals surface area contributed by atoms with E-state index in [-0.39, 0.29) is 5.43 Å². The third-order valence-corrected chi connectivity index (χ3v) is 6.52. The molecule has 2 heteroatoms. The van der Waals surface area contributed by atoms with E-state index in [1.54, 1.807) is 17.3 Å². The fourth-order valence-electron chi connectivity index (χ4n) is 4.83. The minimum Gasteiger partial charge on any atom is -0.361 e. The summed E-state index contributed by atoms with van der Waals surface area (Å²) in [6.45, 7) is 2.23. The molecule has 0 spiro atoms. The van der Waals surface area contributed by atoms with Crippen LogP contribution in [0.4, 0.5) is 0 Å². The van der Waals surface area contributed by atoms with Crippen molar-refractivity contribution in [1.29, 1.82) is 0 Å². The smallest absolute Gasteiger partial charge is 0.189 e.